The van der Waals surface area contributed by atoms with Gasteiger partial charge in [-0.3, -0.25) is 4.79 Å². The summed E-state index contributed by atoms with van der Waals surface area (Å²) in [6, 6.07) is 0. The first-order valence-electron chi connectivity index (χ1n) is 10.2. The Morgan fingerprint density at radius 3 is 1.19 bits per heavy atom. The molecule has 0 aliphatic rings. The van der Waals surface area contributed by atoms with Gasteiger partial charge in [0.05, 0.1) is 27.7 Å². The van der Waals surface area contributed by atoms with Gasteiger partial charge in [0, 0.05) is 12.9 Å². The van der Waals surface area contributed by atoms with E-state index in [1.165, 1.54) is 83.6 Å². The fraction of sp³-hybridized carbons (Fsp3) is 0.905. The molecule has 0 aliphatic carbocycles. The molecule has 0 aromatic rings. The second-order valence-corrected chi connectivity index (χ2v) is 7.91. The number of nitrogens with zero attached hydrogens (tertiary/aromatic N) is 1. The molecule has 0 aromatic carbocycles. The van der Waals surface area contributed by atoms with Gasteiger partial charge in [-0.05, 0) is 19.8 Å². The van der Waals surface area contributed by atoms with Crippen molar-refractivity contribution in [3.63, 3.8) is 0 Å². The van der Waals surface area contributed by atoms with Crippen molar-refractivity contribution in [1.82, 2.24) is 6.15 Å². The molecule has 6 nitrogen and oxygen atoms in total. The van der Waals surface area contributed by atoms with E-state index in [1.807, 2.05) is 0 Å². The molecule has 0 spiro atoms. The van der Waals surface area contributed by atoms with Crippen LogP contribution in [0.15, 0.2) is 0 Å². The second-order valence-electron chi connectivity index (χ2n) is 7.91. The highest BCUT2D eigenvalue weighted by atomic mass is 16.4. The molecule has 0 saturated carbocycles. The lowest BCUT2D eigenvalue weighted by molar-refractivity contribution is -0.870. The van der Waals surface area contributed by atoms with Gasteiger partial charge in [0.15, 0.2) is 0 Å². The molecule has 0 bridgehead atoms. The van der Waals surface area contributed by atoms with E-state index >= 15 is 0 Å². The Hall–Kier alpha value is -1.14. The minimum absolute atomic E-state index is 0. The number of carbonyl (C=O) groups excluding carboxylic acids is 1. The maximum atomic E-state index is 9.00. The van der Waals surface area contributed by atoms with Gasteiger partial charge < -0.3 is 25.6 Å². The Kier molecular flexibility index (Phi) is 30.8. The van der Waals surface area contributed by atoms with Crippen LogP contribution in [0.3, 0.4) is 0 Å². The average Bonchev–Trinajstić information content (AvgIpc) is 2.46. The molecular weight excluding hydrogens is 344 g/mol. The van der Waals surface area contributed by atoms with Crippen molar-refractivity contribution in [3.8, 4) is 0 Å². The van der Waals surface area contributed by atoms with E-state index in [2.05, 4.69) is 28.1 Å². The van der Waals surface area contributed by atoms with Crippen LogP contribution < -0.4 is 11.3 Å². The maximum Gasteiger partial charge on any atom is 0.300 e. The summed E-state index contributed by atoms with van der Waals surface area (Å²) in [6.07, 6.45) is 17.4. The molecule has 0 rings (SSSR count). The van der Waals surface area contributed by atoms with Gasteiger partial charge in [0.1, 0.15) is 0 Å². The van der Waals surface area contributed by atoms with Crippen LogP contribution in [0.25, 0.3) is 0 Å². The zero-order valence-electron chi connectivity index (χ0n) is 19.0. The molecule has 0 unspecified atom stereocenters. The monoisotopic (exact) mass is 392 g/mol. The molecule has 0 amide bonds. The summed E-state index contributed by atoms with van der Waals surface area (Å²) in [7, 11) is 6.87. The van der Waals surface area contributed by atoms with Crippen molar-refractivity contribution in [2.45, 2.75) is 97.8 Å². The quantitative estimate of drug-likeness (QED) is 0.356. The van der Waals surface area contributed by atoms with Crippen LogP contribution in [0.2, 0.25) is 0 Å². The summed E-state index contributed by atoms with van der Waals surface area (Å²) in [5.74, 6) is -1.92. The largest absolute Gasteiger partial charge is 0.550 e. The highest BCUT2D eigenvalue weighted by Gasteiger charge is 2.04. The number of unbranched alkanes of at least 4 members (excludes halogenated alkanes) is 11. The van der Waals surface area contributed by atoms with E-state index in [0.29, 0.717) is 0 Å². The minimum Gasteiger partial charge on any atom is -0.550 e. The lowest BCUT2D eigenvalue weighted by atomic mass is 10.1. The normalized spacial score (nSPS) is 9.85. The van der Waals surface area contributed by atoms with E-state index in [0.717, 1.165) is 18.3 Å². The number of carboxylic acids is 2. The maximum absolute atomic E-state index is 9.00. The molecule has 6 heteroatoms. The molecule has 0 aromatic heterocycles. The van der Waals surface area contributed by atoms with Crippen LogP contribution >= 0.6 is 0 Å². The van der Waals surface area contributed by atoms with Crippen LogP contribution in [0.4, 0.5) is 0 Å². The van der Waals surface area contributed by atoms with Crippen LogP contribution in [0, 0.1) is 0 Å². The number of aliphatic carboxylic acids is 2. The SMILES string of the molecule is CC(=O)O.CC(=O)[O-].CCCCCCCCCCCCCC[N+](C)(C)C.N. The molecule has 0 heterocycles. The number of carboxylic acid groups (broad SMARTS) is 2. The first-order chi connectivity index (χ1) is 12.0. The lowest BCUT2D eigenvalue weighted by Crippen LogP contribution is -2.35. The third-order valence-electron chi connectivity index (χ3n) is 3.68. The minimum atomic E-state index is -1.08. The van der Waals surface area contributed by atoms with Crippen molar-refractivity contribution < 1.29 is 24.3 Å². The van der Waals surface area contributed by atoms with Gasteiger partial charge in [0.2, 0.25) is 0 Å². The van der Waals surface area contributed by atoms with Crippen molar-refractivity contribution in [2.24, 2.45) is 0 Å². The van der Waals surface area contributed by atoms with Gasteiger partial charge in [-0.25, -0.2) is 0 Å². The zero-order chi connectivity index (χ0) is 20.8. The van der Waals surface area contributed by atoms with Gasteiger partial charge in [-0.1, -0.05) is 71.1 Å². The van der Waals surface area contributed by atoms with Crippen LogP contribution in [0.5, 0.6) is 0 Å². The topological polar surface area (TPSA) is 112 Å². The Bertz CT molecular complexity index is 296. The number of carbonyl (C=O) groups is 2. The Morgan fingerprint density at radius 1 is 0.741 bits per heavy atom. The summed E-state index contributed by atoms with van der Waals surface area (Å²) in [5, 5.41) is 16.3. The van der Waals surface area contributed by atoms with E-state index in [4.69, 9.17) is 19.8 Å². The third kappa shape index (κ3) is 67.6. The Labute approximate surface area is 168 Å². The summed E-state index contributed by atoms with van der Waals surface area (Å²) in [5.41, 5.74) is 0. The number of quaternary nitrogens is 1. The summed E-state index contributed by atoms with van der Waals surface area (Å²) in [4.78, 5) is 17.9. The molecule has 0 aliphatic heterocycles. The van der Waals surface area contributed by atoms with Gasteiger partial charge in [0.25, 0.3) is 5.97 Å². The van der Waals surface area contributed by atoms with Gasteiger partial charge in [-0.15, -0.1) is 0 Å². The highest BCUT2D eigenvalue weighted by Crippen LogP contribution is 2.12. The van der Waals surface area contributed by atoms with Crippen molar-refractivity contribution >= 4 is 11.9 Å². The van der Waals surface area contributed by atoms with E-state index in [9.17, 15) is 0 Å². The van der Waals surface area contributed by atoms with Crippen LogP contribution in [-0.2, 0) is 9.59 Å². The van der Waals surface area contributed by atoms with E-state index < -0.39 is 11.9 Å². The summed E-state index contributed by atoms with van der Waals surface area (Å²) < 4.78 is 1.12. The molecule has 4 N–H and O–H groups in total. The fourth-order valence-corrected chi connectivity index (χ4v) is 2.43. The molecule has 27 heavy (non-hydrogen) atoms. The van der Waals surface area contributed by atoms with E-state index in [1.54, 1.807) is 0 Å². The van der Waals surface area contributed by atoms with Crippen LogP contribution in [0.1, 0.15) is 97.8 Å². The average molecular weight is 393 g/mol. The van der Waals surface area contributed by atoms with Crippen molar-refractivity contribution in [2.75, 3.05) is 27.7 Å². The highest BCUT2D eigenvalue weighted by molar-refractivity contribution is 5.63. The lowest BCUT2D eigenvalue weighted by Gasteiger charge is -2.23. The predicted molar refractivity (Wildman–Crippen MR) is 113 cm³/mol. The smallest absolute Gasteiger partial charge is 0.300 e. The predicted octanol–water partition coefficient (Wildman–Crippen LogP) is 4.40. The number of rotatable bonds is 13. The van der Waals surface area contributed by atoms with E-state index in [-0.39, 0.29) is 6.15 Å². The fourth-order valence-electron chi connectivity index (χ4n) is 2.43. The van der Waals surface area contributed by atoms with Crippen molar-refractivity contribution in [1.29, 1.82) is 0 Å². The molecular formula is C21H48N2O4. The Morgan fingerprint density at radius 2 is 0.963 bits per heavy atom. The first kappa shape index (κ1) is 33.4. The molecule has 0 radical (unpaired) electrons. The van der Waals surface area contributed by atoms with Crippen LogP contribution in [-0.4, -0.2) is 49.2 Å². The molecule has 0 saturated heterocycles. The van der Waals surface area contributed by atoms with Gasteiger partial charge in [-0.2, -0.15) is 0 Å². The standard InChI is InChI=1S/C17H38N.2C2H4O2.H3N/c1-5-6-7-8-9-10-11-12-13-14-15-16-17-18(2,3)4;2*1-2(3)4;/h5-17H2,1-4H3;2*1H3,(H,3,4);1H3/q+1;;;/p-1. The molecule has 166 valence electrons. The number of hydrogen-bond acceptors (Lipinski definition) is 4. The summed E-state index contributed by atoms with van der Waals surface area (Å²) >= 11 is 0. The van der Waals surface area contributed by atoms with Crippen molar-refractivity contribution in [3.05, 3.63) is 0 Å². The number of hydrogen-bond donors (Lipinski definition) is 2. The first-order valence-corrected chi connectivity index (χ1v) is 10.2. The molecule has 0 fully saturated rings. The van der Waals surface area contributed by atoms with Gasteiger partial charge >= 0.3 is 0 Å². The zero-order valence-corrected chi connectivity index (χ0v) is 19.0. The third-order valence-corrected chi connectivity index (χ3v) is 3.68. The Balaban J connectivity index is -0.000000247. The molecule has 0 atom stereocenters. The second kappa shape index (κ2) is 24.9. The summed E-state index contributed by atoms with van der Waals surface area (Å²) in [6.45, 7) is 5.68.